The van der Waals surface area contributed by atoms with E-state index >= 15 is 0 Å². The molecule has 1 aliphatic rings. The molecule has 0 heteroatoms. The third kappa shape index (κ3) is 1.70. The second kappa shape index (κ2) is 3.24. The number of rotatable bonds is 1. The summed E-state index contributed by atoms with van der Waals surface area (Å²) in [5.41, 5.74) is 0. The highest BCUT2D eigenvalue weighted by atomic mass is 14.2. The van der Waals surface area contributed by atoms with Crippen molar-refractivity contribution in [2.75, 3.05) is 0 Å². The van der Waals surface area contributed by atoms with E-state index in [1.54, 1.807) is 0 Å². The Morgan fingerprint density at radius 2 is 1.89 bits per heavy atom. The third-order valence-corrected chi connectivity index (χ3v) is 2.81. The Hall–Kier alpha value is 0. The Morgan fingerprint density at radius 3 is 2.33 bits per heavy atom. The summed E-state index contributed by atoms with van der Waals surface area (Å²) in [6.07, 6.45) is 7.36. The lowest BCUT2D eigenvalue weighted by Gasteiger charge is -2.27. The van der Waals surface area contributed by atoms with Crippen molar-refractivity contribution in [3.8, 4) is 0 Å². The van der Waals surface area contributed by atoms with Crippen molar-refractivity contribution in [1.29, 1.82) is 0 Å². The van der Waals surface area contributed by atoms with Crippen LogP contribution in [-0.2, 0) is 0 Å². The van der Waals surface area contributed by atoms with Crippen molar-refractivity contribution in [3.63, 3.8) is 0 Å². The largest absolute Gasteiger partial charge is 0.0651 e. The van der Waals surface area contributed by atoms with Crippen LogP contribution >= 0.6 is 0 Å². The molecule has 0 aliphatic heterocycles. The van der Waals surface area contributed by atoms with Gasteiger partial charge in [-0.15, -0.1) is 0 Å². The standard InChI is InChI=1S/C9H18/c1-3-9-7-5-4-6-8(9)2/h8-9H,3-7H2,1-2H3/t8-,9?/m0/s1. The van der Waals surface area contributed by atoms with Crippen LogP contribution in [0.15, 0.2) is 0 Å². The normalized spacial score (nSPS) is 36.7. The molecule has 1 fully saturated rings. The molecule has 9 heavy (non-hydrogen) atoms. The molecular formula is C9H18. The molecule has 0 radical (unpaired) electrons. The number of hydrogen-bond acceptors (Lipinski definition) is 0. The van der Waals surface area contributed by atoms with E-state index < -0.39 is 0 Å². The lowest BCUT2D eigenvalue weighted by Crippen LogP contribution is -2.15. The lowest BCUT2D eigenvalue weighted by atomic mass is 9.79. The zero-order valence-corrected chi connectivity index (χ0v) is 6.69. The van der Waals surface area contributed by atoms with E-state index in [-0.39, 0.29) is 0 Å². The fraction of sp³-hybridized carbons (Fsp3) is 1.00. The van der Waals surface area contributed by atoms with E-state index in [9.17, 15) is 0 Å². The van der Waals surface area contributed by atoms with E-state index in [2.05, 4.69) is 13.8 Å². The fourth-order valence-corrected chi connectivity index (χ4v) is 2.00. The van der Waals surface area contributed by atoms with Gasteiger partial charge in [0.1, 0.15) is 0 Å². The minimum atomic E-state index is 1.02. The minimum Gasteiger partial charge on any atom is -0.0651 e. The van der Waals surface area contributed by atoms with Gasteiger partial charge in [-0.25, -0.2) is 0 Å². The van der Waals surface area contributed by atoms with Crippen LogP contribution < -0.4 is 0 Å². The summed E-state index contributed by atoms with van der Waals surface area (Å²) in [6, 6.07) is 0. The average molecular weight is 126 g/mol. The summed E-state index contributed by atoms with van der Waals surface area (Å²) in [4.78, 5) is 0. The summed E-state index contributed by atoms with van der Waals surface area (Å²) < 4.78 is 0. The van der Waals surface area contributed by atoms with E-state index in [1.807, 2.05) is 0 Å². The van der Waals surface area contributed by atoms with Gasteiger partial charge in [-0.2, -0.15) is 0 Å². The maximum atomic E-state index is 2.41. The zero-order chi connectivity index (χ0) is 6.69. The molecule has 0 aromatic carbocycles. The summed E-state index contributed by atoms with van der Waals surface area (Å²) >= 11 is 0. The van der Waals surface area contributed by atoms with Gasteiger partial charge in [0.15, 0.2) is 0 Å². The van der Waals surface area contributed by atoms with Crippen molar-refractivity contribution in [3.05, 3.63) is 0 Å². The predicted octanol–water partition coefficient (Wildman–Crippen LogP) is 3.22. The quantitative estimate of drug-likeness (QED) is 0.506. The zero-order valence-electron chi connectivity index (χ0n) is 6.69. The first kappa shape index (κ1) is 7.11. The molecule has 0 spiro atoms. The van der Waals surface area contributed by atoms with Gasteiger partial charge >= 0.3 is 0 Å². The lowest BCUT2D eigenvalue weighted by molar-refractivity contribution is 0.249. The second-order valence-electron chi connectivity index (χ2n) is 3.43. The molecule has 0 amide bonds. The van der Waals surface area contributed by atoms with Gasteiger partial charge in [-0.3, -0.25) is 0 Å². The van der Waals surface area contributed by atoms with Crippen LogP contribution in [0.5, 0.6) is 0 Å². The number of hydrogen-bond donors (Lipinski definition) is 0. The highest BCUT2D eigenvalue weighted by Gasteiger charge is 2.18. The van der Waals surface area contributed by atoms with Gasteiger partial charge in [0, 0.05) is 0 Å². The van der Waals surface area contributed by atoms with Gasteiger partial charge in [-0.05, 0) is 11.8 Å². The van der Waals surface area contributed by atoms with Crippen molar-refractivity contribution in [2.24, 2.45) is 11.8 Å². The molecular weight excluding hydrogens is 108 g/mol. The van der Waals surface area contributed by atoms with Crippen LogP contribution in [0, 0.1) is 11.8 Å². The molecule has 54 valence electrons. The van der Waals surface area contributed by atoms with Crippen LogP contribution in [0.4, 0.5) is 0 Å². The van der Waals surface area contributed by atoms with Gasteiger partial charge in [0.25, 0.3) is 0 Å². The van der Waals surface area contributed by atoms with Crippen LogP contribution in [-0.4, -0.2) is 0 Å². The van der Waals surface area contributed by atoms with Gasteiger partial charge < -0.3 is 0 Å². The van der Waals surface area contributed by atoms with Gasteiger partial charge in [0.2, 0.25) is 0 Å². The maximum absolute atomic E-state index is 2.41. The predicted molar refractivity (Wildman–Crippen MR) is 41.4 cm³/mol. The molecule has 1 aliphatic carbocycles. The van der Waals surface area contributed by atoms with Crippen LogP contribution in [0.1, 0.15) is 46.0 Å². The molecule has 1 rings (SSSR count). The van der Waals surface area contributed by atoms with Gasteiger partial charge in [0.05, 0.1) is 0 Å². The summed E-state index contributed by atoms with van der Waals surface area (Å²) in [5.74, 6) is 2.07. The third-order valence-electron chi connectivity index (χ3n) is 2.81. The van der Waals surface area contributed by atoms with Crippen LogP contribution in [0.3, 0.4) is 0 Å². The van der Waals surface area contributed by atoms with Crippen molar-refractivity contribution in [1.82, 2.24) is 0 Å². The summed E-state index contributed by atoms with van der Waals surface area (Å²) in [6.45, 7) is 4.74. The summed E-state index contributed by atoms with van der Waals surface area (Å²) in [7, 11) is 0. The Bertz CT molecular complexity index is 76.1. The molecule has 0 N–H and O–H groups in total. The van der Waals surface area contributed by atoms with Crippen molar-refractivity contribution < 1.29 is 0 Å². The van der Waals surface area contributed by atoms with Crippen LogP contribution in [0.25, 0.3) is 0 Å². The van der Waals surface area contributed by atoms with Crippen molar-refractivity contribution in [2.45, 2.75) is 46.0 Å². The Labute approximate surface area is 58.7 Å². The second-order valence-corrected chi connectivity index (χ2v) is 3.43. The minimum absolute atomic E-state index is 1.02. The molecule has 0 saturated heterocycles. The van der Waals surface area contributed by atoms with Gasteiger partial charge in [-0.1, -0.05) is 46.0 Å². The first-order valence-electron chi connectivity index (χ1n) is 4.34. The molecule has 1 saturated carbocycles. The Morgan fingerprint density at radius 1 is 1.22 bits per heavy atom. The molecule has 0 nitrogen and oxygen atoms in total. The van der Waals surface area contributed by atoms with Crippen molar-refractivity contribution >= 4 is 0 Å². The monoisotopic (exact) mass is 126 g/mol. The Balaban J connectivity index is 2.30. The summed E-state index contributed by atoms with van der Waals surface area (Å²) in [5, 5.41) is 0. The molecule has 0 aromatic heterocycles. The first-order chi connectivity index (χ1) is 4.34. The fourth-order valence-electron chi connectivity index (χ4n) is 2.00. The highest BCUT2D eigenvalue weighted by Crippen LogP contribution is 2.31. The van der Waals surface area contributed by atoms with E-state index in [0.717, 1.165) is 11.8 Å². The average Bonchev–Trinajstić information content (AvgIpc) is 1.89. The molecule has 1 unspecified atom stereocenters. The topological polar surface area (TPSA) is 0 Å². The highest BCUT2D eigenvalue weighted by molar-refractivity contribution is 4.70. The maximum Gasteiger partial charge on any atom is -0.0391 e. The smallest absolute Gasteiger partial charge is 0.0391 e. The van der Waals surface area contributed by atoms with E-state index in [0.29, 0.717) is 0 Å². The molecule has 0 bridgehead atoms. The molecule has 2 atom stereocenters. The van der Waals surface area contributed by atoms with E-state index in [4.69, 9.17) is 0 Å². The SMILES string of the molecule is CCC1CCCC[C@@H]1C. The van der Waals surface area contributed by atoms with E-state index in [1.165, 1.54) is 32.1 Å². The first-order valence-corrected chi connectivity index (χ1v) is 4.34. The molecule has 0 heterocycles. The Kier molecular flexibility index (Phi) is 2.56. The van der Waals surface area contributed by atoms with Crippen LogP contribution in [0.2, 0.25) is 0 Å². The molecule has 0 aromatic rings.